The van der Waals surface area contributed by atoms with Crippen LogP contribution in [0.15, 0.2) is 48.7 Å². The highest BCUT2D eigenvalue weighted by atomic mass is 16.3. The van der Waals surface area contributed by atoms with Crippen molar-refractivity contribution >= 4 is 17.4 Å². The Labute approximate surface area is 134 Å². The maximum Gasteiger partial charge on any atom is 0.264 e. The Kier molecular flexibility index (Phi) is 3.96. The van der Waals surface area contributed by atoms with Crippen LogP contribution in [0.3, 0.4) is 0 Å². The molecule has 5 heteroatoms. The van der Waals surface area contributed by atoms with Gasteiger partial charge in [0.25, 0.3) is 5.91 Å². The number of carbonyl (C=O) groups is 2. The quantitative estimate of drug-likeness (QED) is 0.860. The summed E-state index contributed by atoms with van der Waals surface area (Å²) in [5.41, 5.74) is -0.404. The lowest BCUT2D eigenvalue weighted by Crippen LogP contribution is -2.42. The lowest BCUT2D eigenvalue weighted by molar-refractivity contribution is -0.135. The summed E-state index contributed by atoms with van der Waals surface area (Å²) in [4.78, 5) is 30.7. The second kappa shape index (κ2) is 5.93. The monoisotopic (exact) mass is 310 g/mol. The summed E-state index contributed by atoms with van der Waals surface area (Å²) in [6.07, 6.45) is 1.98. The number of carbonyl (C=O) groups excluding carboxylic acids is 2. The topological polar surface area (TPSA) is 70.5 Å². The molecule has 2 heterocycles. The van der Waals surface area contributed by atoms with E-state index in [0.717, 1.165) is 6.42 Å². The molecule has 1 aromatic carbocycles. The van der Waals surface area contributed by atoms with E-state index in [2.05, 4.69) is 4.98 Å². The standard InChI is InChI=1S/C18H18N2O3/c1-2-11-20-15-9-4-3-7-13(15)18(23,17(20)22)12-16(21)14-8-5-6-10-19-14/h3-10,23H,2,11-12H2,1H3. The van der Waals surface area contributed by atoms with Gasteiger partial charge in [0.05, 0.1) is 12.1 Å². The fourth-order valence-corrected chi connectivity index (χ4v) is 2.97. The molecule has 1 aliphatic heterocycles. The number of amides is 1. The number of pyridine rings is 1. The third kappa shape index (κ3) is 2.53. The molecule has 0 fully saturated rings. The highest BCUT2D eigenvalue weighted by Crippen LogP contribution is 2.42. The highest BCUT2D eigenvalue weighted by molar-refractivity contribution is 6.10. The zero-order valence-electron chi connectivity index (χ0n) is 12.9. The van der Waals surface area contributed by atoms with Crippen molar-refractivity contribution in [3.8, 4) is 0 Å². The summed E-state index contributed by atoms with van der Waals surface area (Å²) < 4.78 is 0. The number of Topliss-reactive ketones (excluding diaryl/α,β-unsaturated/α-hetero) is 1. The van der Waals surface area contributed by atoms with Gasteiger partial charge < -0.3 is 10.0 Å². The molecule has 1 aromatic heterocycles. The Bertz CT molecular complexity index is 745. The van der Waals surface area contributed by atoms with Crippen molar-refractivity contribution in [3.63, 3.8) is 0 Å². The third-order valence-corrected chi connectivity index (χ3v) is 4.05. The number of ketones is 1. The number of nitrogens with zero attached hydrogens (tertiary/aromatic N) is 2. The molecule has 0 saturated heterocycles. The number of aromatic nitrogens is 1. The molecule has 0 spiro atoms. The number of hydrogen-bond acceptors (Lipinski definition) is 4. The summed E-state index contributed by atoms with van der Waals surface area (Å²) in [5, 5.41) is 11.0. The molecule has 0 bridgehead atoms. The van der Waals surface area contributed by atoms with Gasteiger partial charge in [0, 0.05) is 18.3 Å². The highest BCUT2D eigenvalue weighted by Gasteiger charge is 2.50. The number of fused-ring (bicyclic) bond motifs is 1. The summed E-state index contributed by atoms with van der Waals surface area (Å²) in [6.45, 7) is 2.47. The molecule has 2 aromatic rings. The molecule has 118 valence electrons. The minimum absolute atomic E-state index is 0.250. The summed E-state index contributed by atoms with van der Waals surface area (Å²) in [7, 11) is 0. The minimum atomic E-state index is -1.82. The molecular formula is C18H18N2O3. The Balaban J connectivity index is 1.97. The molecule has 3 rings (SSSR count). The number of benzene rings is 1. The number of aliphatic hydroxyl groups is 1. The van der Waals surface area contributed by atoms with E-state index >= 15 is 0 Å². The Hall–Kier alpha value is -2.53. The van der Waals surface area contributed by atoms with Crippen molar-refractivity contribution in [2.24, 2.45) is 0 Å². The molecule has 0 radical (unpaired) electrons. The largest absolute Gasteiger partial charge is 0.375 e. The van der Waals surface area contributed by atoms with E-state index in [4.69, 9.17) is 0 Å². The number of anilines is 1. The molecular weight excluding hydrogens is 292 g/mol. The Morgan fingerprint density at radius 3 is 2.65 bits per heavy atom. The van der Waals surface area contributed by atoms with Crippen LogP contribution in [-0.4, -0.2) is 28.3 Å². The van der Waals surface area contributed by atoms with Gasteiger partial charge in [-0.15, -0.1) is 0 Å². The van der Waals surface area contributed by atoms with Gasteiger partial charge in [-0.25, -0.2) is 0 Å². The van der Waals surface area contributed by atoms with Gasteiger partial charge in [-0.2, -0.15) is 0 Å². The number of hydrogen-bond donors (Lipinski definition) is 1. The average molecular weight is 310 g/mol. The zero-order valence-corrected chi connectivity index (χ0v) is 12.9. The molecule has 23 heavy (non-hydrogen) atoms. The normalized spacial score (nSPS) is 19.7. The van der Waals surface area contributed by atoms with Crippen LogP contribution in [0.4, 0.5) is 5.69 Å². The number of para-hydroxylation sites is 1. The van der Waals surface area contributed by atoms with Crippen LogP contribution in [0.2, 0.25) is 0 Å². The van der Waals surface area contributed by atoms with Gasteiger partial charge in [-0.1, -0.05) is 31.2 Å². The van der Waals surface area contributed by atoms with Crippen molar-refractivity contribution in [2.75, 3.05) is 11.4 Å². The van der Waals surface area contributed by atoms with Crippen LogP contribution in [0.25, 0.3) is 0 Å². The van der Waals surface area contributed by atoms with Crippen molar-refractivity contribution in [1.29, 1.82) is 0 Å². The minimum Gasteiger partial charge on any atom is -0.375 e. The molecule has 5 nitrogen and oxygen atoms in total. The maximum absolute atomic E-state index is 12.7. The van der Waals surface area contributed by atoms with Crippen molar-refractivity contribution in [2.45, 2.75) is 25.4 Å². The maximum atomic E-state index is 12.7. The van der Waals surface area contributed by atoms with Gasteiger partial charge >= 0.3 is 0 Å². The molecule has 1 aliphatic rings. The van der Waals surface area contributed by atoms with Crippen molar-refractivity contribution in [3.05, 3.63) is 59.9 Å². The van der Waals surface area contributed by atoms with E-state index in [1.807, 2.05) is 13.0 Å². The Morgan fingerprint density at radius 1 is 1.22 bits per heavy atom. The number of rotatable bonds is 5. The predicted molar refractivity (Wildman–Crippen MR) is 86.2 cm³/mol. The van der Waals surface area contributed by atoms with E-state index in [1.165, 1.54) is 6.20 Å². The van der Waals surface area contributed by atoms with Gasteiger partial charge in [-0.05, 0) is 24.6 Å². The van der Waals surface area contributed by atoms with Crippen LogP contribution in [0.5, 0.6) is 0 Å². The third-order valence-electron chi connectivity index (χ3n) is 4.05. The van der Waals surface area contributed by atoms with Gasteiger partial charge in [-0.3, -0.25) is 14.6 Å². The van der Waals surface area contributed by atoms with E-state index in [0.29, 0.717) is 17.8 Å². The van der Waals surface area contributed by atoms with E-state index in [1.54, 1.807) is 41.3 Å². The smallest absolute Gasteiger partial charge is 0.264 e. The van der Waals surface area contributed by atoms with E-state index in [-0.39, 0.29) is 17.9 Å². The average Bonchev–Trinajstić information content (AvgIpc) is 2.78. The predicted octanol–water partition coefficient (Wildman–Crippen LogP) is 2.30. The van der Waals surface area contributed by atoms with E-state index < -0.39 is 11.5 Å². The SMILES string of the molecule is CCCN1C(=O)C(O)(CC(=O)c2ccccn2)c2ccccc21. The molecule has 1 atom stereocenters. The van der Waals surface area contributed by atoms with Crippen LogP contribution in [0, 0.1) is 0 Å². The molecule has 0 aliphatic carbocycles. The van der Waals surface area contributed by atoms with Gasteiger partial charge in [0.2, 0.25) is 0 Å². The van der Waals surface area contributed by atoms with Crippen molar-refractivity contribution < 1.29 is 14.7 Å². The second-order valence-electron chi connectivity index (χ2n) is 5.65. The summed E-state index contributed by atoms with van der Waals surface area (Å²) in [6, 6.07) is 12.1. The first-order chi connectivity index (χ1) is 11.1. The molecule has 1 unspecified atom stereocenters. The lowest BCUT2D eigenvalue weighted by Gasteiger charge is -2.22. The van der Waals surface area contributed by atoms with Crippen LogP contribution in [0.1, 0.15) is 35.8 Å². The first-order valence-corrected chi connectivity index (χ1v) is 7.66. The zero-order chi connectivity index (χ0) is 16.4. The first kappa shape index (κ1) is 15.4. The van der Waals surface area contributed by atoms with Gasteiger partial charge in [0.15, 0.2) is 11.4 Å². The van der Waals surface area contributed by atoms with Crippen LogP contribution >= 0.6 is 0 Å². The van der Waals surface area contributed by atoms with Crippen molar-refractivity contribution in [1.82, 2.24) is 4.98 Å². The fraction of sp³-hybridized carbons (Fsp3) is 0.278. The van der Waals surface area contributed by atoms with Gasteiger partial charge in [0.1, 0.15) is 5.69 Å². The van der Waals surface area contributed by atoms with Crippen LogP contribution < -0.4 is 4.90 Å². The summed E-state index contributed by atoms with van der Waals surface area (Å²) in [5.74, 6) is -0.792. The van der Waals surface area contributed by atoms with E-state index in [9.17, 15) is 14.7 Å². The second-order valence-corrected chi connectivity index (χ2v) is 5.65. The fourth-order valence-electron chi connectivity index (χ4n) is 2.97. The summed E-state index contributed by atoms with van der Waals surface area (Å²) >= 11 is 0. The van der Waals surface area contributed by atoms with Crippen LogP contribution in [-0.2, 0) is 10.4 Å². The molecule has 1 N–H and O–H groups in total. The molecule has 0 saturated carbocycles. The molecule has 1 amide bonds. The first-order valence-electron chi connectivity index (χ1n) is 7.66. The lowest BCUT2D eigenvalue weighted by atomic mass is 9.89. The Morgan fingerprint density at radius 2 is 1.96 bits per heavy atom.